The van der Waals surface area contributed by atoms with Crippen LogP contribution in [0.25, 0.3) is 0 Å². The lowest BCUT2D eigenvalue weighted by atomic mass is 9.97. The minimum absolute atomic E-state index is 0.221. The van der Waals surface area contributed by atoms with E-state index in [1.165, 1.54) is 44.9 Å². The number of amides is 1. The Hall–Kier alpha value is -0.570. The van der Waals surface area contributed by atoms with Crippen molar-refractivity contribution in [3.63, 3.8) is 0 Å². The van der Waals surface area contributed by atoms with Crippen molar-refractivity contribution >= 4 is 5.91 Å². The van der Waals surface area contributed by atoms with Gasteiger partial charge in [0.25, 0.3) is 0 Å². The largest absolute Gasteiger partial charge is 0.349 e. The van der Waals surface area contributed by atoms with Crippen LogP contribution in [0, 0.1) is 0 Å². The molecule has 3 heteroatoms. The zero-order chi connectivity index (χ0) is 11.8. The van der Waals surface area contributed by atoms with Crippen LogP contribution < -0.4 is 5.32 Å². The molecule has 1 fully saturated rings. The molecule has 0 saturated heterocycles. The Morgan fingerprint density at radius 3 is 2.25 bits per heavy atom. The van der Waals surface area contributed by atoms with Crippen LogP contribution >= 0.6 is 0 Å². The van der Waals surface area contributed by atoms with E-state index in [0.29, 0.717) is 12.5 Å². The lowest BCUT2D eigenvalue weighted by Gasteiger charge is -2.21. The molecule has 94 valence electrons. The molecule has 1 N–H and O–H groups in total. The molecule has 0 unspecified atom stereocenters. The Kier molecular flexibility index (Phi) is 6.46. The molecule has 0 radical (unpaired) electrons. The first kappa shape index (κ1) is 13.5. The van der Waals surface area contributed by atoms with Gasteiger partial charge in [0.15, 0.2) is 0 Å². The average Bonchev–Trinajstić information content (AvgIpc) is 2.20. The standard InChI is InChI=1S/C13H26N2O/c1-15(2)13(16)10-11-14-12-8-6-4-3-5-7-9-12/h12,14H,3-11H2,1-2H3. The quantitative estimate of drug-likeness (QED) is 0.797. The van der Waals surface area contributed by atoms with Gasteiger partial charge in [0, 0.05) is 33.1 Å². The second-order valence-electron chi connectivity index (χ2n) is 5.03. The van der Waals surface area contributed by atoms with E-state index >= 15 is 0 Å². The molecule has 1 aliphatic carbocycles. The van der Waals surface area contributed by atoms with Crippen molar-refractivity contribution < 1.29 is 4.79 Å². The zero-order valence-corrected chi connectivity index (χ0v) is 10.8. The molecule has 0 spiro atoms. The van der Waals surface area contributed by atoms with Crippen molar-refractivity contribution in [1.29, 1.82) is 0 Å². The summed E-state index contributed by atoms with van der Waals surface area (Å²) in [5, 5.41) is 3.53. The first-order valence-electron chi connectivity index (χ1n) is 6.63. The summed E-state index contributed by atoms with van der Waals surface area (Å²) in [5.41, 5.74) is 0. The summed E-state index contributed by atoms with van der Waals surface area (Å²) >= 11 is 0. The van der Waals surface area contributed by atoms with Gasteiger partial charge < -0.3 is 10.2 Å². The Labute approximate surface area is 99.6 Å². The summed E-state index contributed by atoms with van der Waals surface area (Å²) in [6.45, 7) is 0.835. The van der Waals surface area contributed by atoms with E-state index in [9.17, 15) is 4.79 Å². The predicted octanol–water partition coefficient (Wildman–Crippen LogP) is 2.17. The Balaban J connectivity index is 2.12. The van der Waals surface area contributed by atoms with E-state index in [4.69, 9.17) is 0 Å². The van der Waals surface area contributed by atoms with E-state index in [0.717, 1.165) is 6.54 Å². The molecule has 0 atom stereocenters. The third-order valence-corrected chi connectivity index (χ3v) is 3.38. The SMILES string of the molecule is CN(C)C(=O)CCNC1CCCCCCC1. The molecule has 1 rings (SSSR count). The van der Waals surface area contributed by atoms with Crippen molar-refractivity contribution in [2.45, 2.75) is 57.4 Å². The summed E-state index contributed by atoms with van der Waals surface area (Å²) in [7, 11) is 3.64. The monoisotopic (exact) mass is 226 g/mol. The number of rotatable bonds is 4. The van der Waals surface area contributed by atoms with E-state index in [2.05, 4.69) is 5.32 Å². The summed E-state index contributed by atoms with van der Waals surface area (Å²) in [6, 6.07) is 0.648. The molecule has 0 bridgehead atoms. The van der Waals surface area contributed by atoms with Gasteiger partial charge in [-0.1, -0.05) is 32.1 Å². The van der Waals surface area contributed by atoms with E-state index in [1.807, 2.05) is 14.1 Å². The van der Waals surface area contributed by atoms with Crippen LogP contribution in [-0.4, -0.2) is 37.5 Å². The van der Waals surface area contributed by atoms with Gasteiger partial charge in [-0.15, -0.1) is 0 Å². The lowest BCUT2D eigenvalue weighted by molar-refractivity contribution is -0.128. The second kappa shape index (κ2) is 7.66. The van der Waals surface area contributed by atoms with E-state index in [-0.39, 0.29) is 5.91 Å². The molecule has 0 heterocycles. The third-order valence-electron chi connectivity index (χ3n) is 3.38. The highest BCUT2D eigenvalue weighted by Gasteiger charge is 2.11. The number of carbonyl (C=O) groups excluding carboxylic acids is 1. The van der Waals surface area contributed by atoms with Crippen molar-refractivity contribution in [3.05, 3.63) is 0 Å². The number of nitrogens with one attached hydrogen (secondary N) is 1. The topological polar surface area (TPSA) is 32.3 Å². The Morgan fingerprint density at radius 2 is 1.69 bits per heavy atom. The van der Waals surface area contributed by atoms with Gasteiger partial charge in [-0.25, -0.2) is 0 Å². The number of nitrogens with zero attached hydrogens (tertiary/aromatic N) is 1. The van der Waals surface area contributed by atoms with Crippen LogP contribution in [-0.2, 0) is 4.79 Å². The number of hydrogen-bond acceptors (Lipinski definition) is 2. The first-order valence-corrected chi connectivity index (χ1v) is 6.63. The number of carbonyl (C=O) groups is 1. The van der Waals surface area contributed by atoms with Gasteiger partial charge in [-0.3, -0.25) is 4.79 Å². The van der Waals surface area contributed by atoms with Crippen LogP contribution in [0.2, 0.25) is 0 Å². The van der Waals surface area contributed by atoms with Crippen LogP contribution in [0.5, 0.6) is 0 Å². The molecule has 1 amide bonds. The van der Waals surface area contributed by atoms with Gasteiger partial charge in [0.1, 0.15) is 0 Å². The normalized spacial score (nSPS) is 18.9. The molecule has 0 aliphatic heterocycles. The molecule has 0 aromatic rings. The summed E-state index contributed by atoms with van der Waals surface area (Å²) < 4.78 is 0. The fourth-order valence-corrected chi connectivity index (χ4v) is 2.27. The highest BCUT2D eigenvalue weighted by Crippen LogP contribution is 2.16. The molecule has 0 aromatic carbocycles. The van der Waals surface area contributed by atoms with Crippen LogP contribution in [0.3, 0.4) is 0 Å². The molecule has 3 nitrogen and oxygen atoms in total. The van der Waals surface area contributed by atoms with Gasteiger partial charge >= 0.3 is 0 Å². The molecular weight excluding hydrogens is 200 g/mol. The Bertz CT molecular complexity index is 196. The molecule has 1 aliphatic rings. The maximum Gasteiger partial charge on any atom is 0.223 e. The van der Waals surface area contributed by atoms with Crippen LogP contribution in [0.1, 0.15) is 51.4 Å². The maximum absolute atomic E-state index is 11.4. The van der Waals surface area contributed by atoms with Crippen LogP contribution in [0.4, 0.5) is 0 Å². The molecular formula is C13H26N2O. The number of hydrogen-bond donors (Lipinski definition) is 1. The minimum Gasteiger partial charge on any atom is -0.349 e. The van der Waals surface area contributed by atoms with Gasteiger partial charge in [-0.2, -0.15) is 0 Å². The average molecular weight is 226 g/mol. The van der Waals surface area contributed by atoms with Gasteiger partial charge in [-0.05, 0) is 12.8 Å². The predicted molar refractivity (Wildman–Crippen MR) is 67.4 cm³/mol. The summed E-state index contributed by atoms with van der Waals surface area (Å²) in [6.07, 6.45) is 10.1. The fraction of sp³-hybridized carbons (Fsp3) is 0.923. The third kappa shape index (κ3) is 5.50. The Morgan fingerprint density at radius 1 is 1.12 bits per heavy atom. The van der Waals surface area contributed by atoms with Crippen molar-refractivity contribution in [2.75, 3.05) is 20.6 Å². The van der Waals surface area contributed by atoms with Crippen molar-refractivity contribution in [1.82, 2.24) is 10.2 Å². The first-order chi connectivity index (χ1) is 7.70. The summed E-state index contributed by atoms with van der Waals surface area (Å²) in [4.78, 5) is 13.1. The second-order valence-corrected chi connectivity index (χ2v) is 5.03. The zero-order valence-electron chi connectivity index (χ0n) is 10.8. The van der Waals surface area contributed by atoms with Gasteiger partial charge in [0.05, 0.1) is 0 Å². The van der Waals surface area contributed by atoms with E-state index in [1.54, 1.807) is 4.90 Å². The van der Waals surface area contributed by atoms with Crippen molar-refractivity contribution in [3.8, 4) is 0 Å². The van der Waals surface area contributed by atoms with Crippen molar-refractivity contribution in [2.24, 2.45) is 0 Å². The molecule has 16 heavy (non-hydrogen) atoms. The smallest absolute Gasteiger partial charge is 0.223 e. The van der Waals surface area contributed by atoms with E-state index < -0.39 is 0 Å². The molecule has 0 aromatic heterocycles. The lowest BCUT2D eigenvalue weighted by Crippen LogP contribution is -2.33. The fourth-order valence-electron chi connectivity index (χ4n) is 2.27. The van der Waals surface area contributed by atoms with Gasteiger partial charge in [0.2, 0.25) is 5.91 Å². The minimum atomic E-state index is 0.221. The van der Waals surface area contributed by atoms with Crippen LogP contribution in [0.15, 0.2) is 0 Å². The highest BCUT2D eigenvalue weighted by molar-refractivity contribution is 5.75. The molecule has 1 saturated carbocycles. The maximum atomic E-state index is 11.4. The summed E-state index contributed by atoms with van der Waals surface area (Å²) in [5.74, 6) is 0.221. The highest BCUT2D eigenvalue weighted by atomic mass is 16.2.